The minimum atomic E-state index is -0.616. The van der Waals surface area contributed by atoms with Crippen LogP contribution in [0.25, 0.3) is 11.3 Å². The van der Waals surface area contributed by atoms with Crippen molar-refractivity contribution in [3.05, 3.63) is 36.0 Å². The third-order valence-electron chi connectivity index (χ3n) is 3.01. The van der Waals surface area contributed by atoms with E-state index in [9.17, 15) is 9.90 Å². The molecule has 0 saturated carbocycles. The van der Waals surface area contributed by atoms with Gasteiger partial charge in [0, 0.05) is 5.56 Å². The highest BCUT2D eigenvalue weighted by molar-refractivity contribution is 5.93. The van der Waals surface area contributed by atoms with Crippen LogP contribution in [0.3, 0.4) is 0 Å². The van der Waals surface area contributed by atoms with Gasteiger partial charge in [-0.15, -0.1) is 0 Å². The molecule has 21 heavy (non-hydrogen) atoms. The van der Waals surface area contributed by atoms with E-state index in [1.807, 2.05) is 51.1 Å². The van der Waals surface area contributed by atoms with Crippen molar-refractivity contribution in [2.45, 2.75) is 33.2 Å². The number of rotatable bonds is 3. The van der Waals surface area contributed by atoms with Gasteiger partial charge in [0.25, 0.3) is 0 Å². The van der Waals surface area contributed by atoms with Gasteiger partial charge in [0.1, 0.15) is 5.69 Å². The van der Waals surface area contributed by atoms with E-state index in [0.29, 0.717) is 5.69 Å². The molecule has 1 heterocycles. The molecule has 0 atom stereocenters. The van der Waals surface area contributed by atoms with Crippen LogP contribution < -0.4 is 0 Å². The van der Waals surface area contributed by atoms with Crippen LogP contribution in [-0.2, 0) is 10.3 Å². The number of hydrogen-bond donors (Lipinski definition) is 1. The normalized spacial score (nSPS) is 11.4. The summed E-state index contributed by atoms with van der Waals surface area (Å²) in [5, 5.41) is 14.7. The summed E-state index contributed by atoms with van der Waals surface area (Å²) in [7, 11) is 0. The highest BCUT2D eigenvalue weighted by Crippen LogP contribution is 2.36. The minimum absolute atomic E-state index is 0.0503. The molecule has 0 fully saturated rings. The van der Waals surface area contributed by atoms with Crippen LogP contribution in [-0.4, -0.2) is 27.5 Å². The maximum absolute atomic E-state index is 11.9. The summed E-state index contributed by atoms with van der Waals surface area (Å²) in [6.07, 6.45) is 0. The molecule has 0 spiro atoms. The minimum Gasteiger partial charge on any atom is -0.504 e. The van der Waals surface area contributed by atoms with Crippen molar-refractivity contribution in [1.82, 2.24) is 9.78 Å². The van der Waals surface area contributed by atoms with Crippen molar-refractivity contribution in [2.75, 3.05) is 6.61 Å². The summed E-state index contributed by atoms with van der Waals surface area (Å²) >= 11 is 0. The molecule has 1 aromatic carbocycles. The van der Waals surface area contributed by atoms with E-state index in [2.05, 4.69) is 5.10 Å². The van der Waals surface area contributed by atoms with Crippen LogP contribution in [0.2, 0.25) is 0 Å². The predicted molar refractivity (Wildman–Crippen MR) is 80.3 cm³/mol. The number of ether oxygens (including phenoxy) is 1. The number of nitrogens with zero attached hydrogens (tertiary/aromatic N) is 2. The topological polar surface area (TPSA) is 64.3 Å². The highest BCUT2D eigenvalue weighted by atomic mass is 16.5. The van der Waals surface area contributed by atoms with E-state index in [-0.39, 0.29) is 23.6 Å². The molecule has 2 rings (SSSR count). The summed E-state index contributed by atoms with van der Waals surface area (Å²) < 4.78 is 6.61. The van der Waals surface area contributed by atoms with Gasteiger partial charge in [-0.3, -0.25) is 4.68 Å². The number of carbonyl (C=O) groups excluding carboxylic acids is 1. The third-order valence-corrected chi connectivity index (χ3v) is 3.01. The Bertz CT molecular complexity index is 640. The van der Waals surface area contributed by atoms with Crippen LogP contribution in [0.1, 0.15) is 38.2 Å². The lowest BCUT2D eigenvalue weighted by Gasteiger charge is -2.22. The standard InChI is InChI=1S/C16H20N2O3/c1-5-21-15(20)12-14(19)13(11-9-7-6-8-10-11)18(17-12)16(2,3)4/h6-10,19H,5H2,1-4H3. The van der Waals surface area contributed by atoms with Crippen molar-refractivity contribution in [3.63, 3.8) is 0 Å². The van der Waals surface area contributed by atoms with Crippen molar-refractivity contribution >= 4 is 5.97 Å². The molecule has 1 N–H and O–H groups in total. The second-order valence-electron chi connectivity index (χ2n) is 5.71. The zero-order chi connectivity index (χ0) is 15.6. The third kappa shape index (κ3) is 2.91. The van der Waals surface area contributed by atoms with Gasteiger partial charge in [-0.1, -0.05) is 30.3 Å². The molecule has 0 radical (unpaired) electrons. The first-order valence-electron chi connectivity index (χ1n) is 6.91. The van der Waals surface area contributed by atoms with Gasteiger partial charge in [-0.2, -0.15) is 5.10 Å². The van der Waals surface area contributed by atoms with Crippen LogP contribution >= 0.6 is 0 Å². The fraction of sp³-hybridized carbons (Fsp3) is 0.375. The number of carbonyl (C=O) groups is 1. The molecule has 0 bridgehead atoms. The van der Waals surface area contributed by atoms with Crippen molar-refractivity contribution < 1.29 is 14.6 Å². The smallest absolute Gasteiger partial charge is 0.362 e. The zero-order valence-electron chi connectivity index (χ0n) is 12.8. The van der Waals surface area contributed by atoms with Crippen LogP contribution in [0.5, 0.6) is 5.75 Å². The van der Waals surface area contributed by atoms with Gasteiger partial charge in [0.05, 0.1) is 12.1 Å². The Morgan fingerprint density at radius 3 is 2.43 bits per heavy atom. The van der Waals surface area contributed by atoms with E-state index in [4.69, 9.17) is 4.74 Å². The maximum atomic E-state index is 11.9. The Balaban J connectivity index is 2.65. The lowest BCUT2D eigenvalue weighted by Crippen LogP contribution is -2.24. The number of aromatic hydroxyl groups is 1. The largest absolute Gasteiger partial charge is 0.504 e. The predicted octanol–water partition coefficient (Wildman–Crippen LogP) is 3.19. The molecule has 2 aromatic rings. The molecule has 0 saturated heterocycles. The number of aromatic nitrogens is 2. The quantitative estimate of drug-likeness (QED) is 0.881. The summed E-state index contributed by atoms with van der Waals surface area (Å²) in [5.41, 5.74) is 0.887. The summed E-state index contributed by atoms with van der Waals surface area (Å²) in [5.74, 6) is -0.759. The van der Waals surface area contributed by atoms with E-state index < -0.39 is 5.97 Å². The molecule has 1 aromatic heterocycles. The molecule has 0 aliphatic heterocycles. The Labute approximate surface area is 124 Å². The SMILES string of the molecule is CCOC(=O)c1nn(C(C)(C)C)c(-c2ccccc2)c1O. The van der Waals surface area contributed by atoms with E-state index in [1.165, 1.54) is 0 Å². The van der Waals surface area contributed by atoms with Gasteiger partial charge in [0.2, 0.25) is 5.69 Å². The molecule has 112 valence electrons. The van der Waals surface area contributed by atoms with Crippen LogP contribution in [0.15, 0.2) is 30.3 Å². The average molecular weight is 288 g/mol. The van der Waals surface area contributed by atoms with Crippen LogP contribution in [0.4, 0.5) is 0 Å². The molecular formula is C16H20N2O3. The second-order valence-corrected chi connectivity index (χ2v) is 5.71. The molecule has 0 aliphatic rings. The molecular weight excluding hydrogens is 268 g/mol. The number of benzene rings is 1. The Kier molecular flexibility index (Phi) is 4.02. The van der Waals surface area contributed by atoms with Crippen molar-refractivity contribution in [3.8, 4) is 17.0 Å². The highest BCUT2D eigenvalue weighted by Gasteiger charge is 2.29. The fourth-order valence-corrected chi connectivity index (χ4v) is 2.09. The van der Waals surface area contributed by atoms with E-state index >= 15 is 0 Å². The van der Waals surface area contributed by atoms with Crippen molar-refractivity contribution in [2.24, 2.45) is 0 Å². The van der Waals surface area contributed by atoms with Gasteiger partial charge in [-0.25, -0.2) is 4.79 Å². The number of esters is 1. The Morgan fingerprint density at radius 1 is 1.29 bits per heavy atom. The summed E-state index contributed by atoms with van der Waals surface area (Å²) in [6.45, 7) is 7.83. The number of hydrogen-bond acceptors (Lipinski definition) is 4. The Hall–Kier alpha value is -2.30. The van der Waals surface area contributed by atoms with Crippen LogP contribution in [0, 0.1) is 0 Å². The lowest BCUT2D eigenvalue weighted by molar-refractivity contribution is 0.0514. The average Bonchev–Trinajstić information content (AvgIpc) is 2.78. The summed E-state index contributed by atoms with van der Waals surface area (Å²) in [6, 6.07) is 9.38. The first-order valence-corrected chi connectivity index (χ1v) is 6.91. The molecule has 0 aliphatic carbocycles. The summed E-state index contributed by atoms with van der Waals surface area (Å²) in [4.78, 5) is 11.9. The molecule has 0 amide bonds. The van der Waals surface area contributed by atoms with Gasteiger partial charge >= 0.3 is 5.97 Å². The Morgan fingerprint density at radius 2 is 1.90 bits per heavy atom. The lowest BCUT2D eigenvalue weighted by atomic mass is 10.1. The first-order chi connectivity index (χ1) is 9.86. The molecule has 5 nitrogen and oxygen atoms in total. The maximum Gasteiger partial charge on any atom is 0.362 e. The van der Waals surface area contributed by atoms with Gasteiger partial charge in [-0.05, 0) is 27.7 Å². The monoisotopic (exact) mass is 288 g/mol. The molecule has 0 unspecified atom stereocenters. The van der Waals surface area contributed by atoms with Gasteiger partial charge < -0.3 is 9.84 Å². The van der Waals surface area contributed by atoms with Crippen molar-refractivity contribution in [1.29, 1.82) is 0 Å². The van der Waals surface area contributed by atoms with E-state index in [1.54, 1.807) is 11.6 Å². The van der Waals surface area contributed by atoms with Gasteiger partial charge in [0.15, 0.2) is 5.75 Å². The second kappa shape index (κ2) is 5.60. The fourth-order valence-electron chi connectivity index (χ4n) is 2.09. The molecule has 5 heteroatoms. The van der Waals surface area contributed by atoms with E-state index in [0.717, 1.165) is 5.56 Å². The zero-order valence-corrected chi connectivity index (χ0v) is 12.8. The first kappa shape index (κ1) is 15.1.